The summed E-state index contributed by atoms with van der Waals surface area (Å²) in [4.78, 5) is 10.6. The highest BCUT2D eigenvalue weighted by Crippen LogP contribution is 2.37. The fraction of sp³-hybridized carbons (Fsp3) is 0.182. The maximum Gasteiger partial charge on any atom is 0.0467 e. The molecule has 8 bridgehead atoms. The maximum atomic E-state index is 3.68. The molecule has 0 aromatic carbocycles. The zero-order valence-corrected chi connectivity index (χ0v) is 14.4. The standard InChI is InChI=1S/C22H20N4/c1-7-20-21-8-6-18(25-21)11-16-3-2-14(23-16)10-15-4-5-17(24-15)12-19-9-13(1)22(20)26-19/h2-5,9-12,23-26H,1,6-8H2/b15-10-,17-12-,18-11-,21-20-. The molecule has 0 spiro atoms. The highest BCUT2D eigenvalue weighted by atomic mass is 14.9. The molecule has 0 saturated carbocycles. The minimum Gasteiger partial charge on any atom is -0.362 e. The van der Waals surface area contributed by atoms with Crippen molar-refractivity contribution in [1.82, 2.24) is 20.3 Å². The van der Waals surface area contributed by atoms with Gasteiger partial charge in [0.25, 0.3) is 0 Å². The van der Waals surface area contributed by atoms with Gasteiger partial charge in [-0.2, -0.15) is 0 Å². The number of hydrogen-bond donors (Lipinski definition) is 4. The molecule has 1 aliphatic carbocycles. The molecule has 3 aromatic heterocycles. The maximum absolute atomic E-state index is 3.68. The largest absolute Gasteiger partial charge is 0.362 e. The van der Waals surface area contributed by atoms with Crippen molar-refractivity contribution >= 4 is 23.8 Å². The van der Waals surface area contributed by atoms with Crippen LogP contribution < -0.4 is 16.0 Å². The van der Waals surface area contributed by atoms with Crippen LogP contribution in [0.25, 0.3) is 23.8 Å². The van der Waals surface area contributed by atoms with E-state index in [9.17, 15) is 0 Å². The third-order valence-corrected chi connectivity index (χ3v) is 5.60. The highest BCUT2D eigenvalue weighted by molar-refractivity contribution is 5.75. The van der Waals surface area contributed by atoms with Crippen molar-refractivity contribution in [2.24, 2.45) is 0 Å². The quantitative estimate of drug-likeness (QED) is 0.500. The first-order chi connectivity index (χ1) is 12.8. The van der Waals surface area contributed by atoms with Crippen molar-refractivity contribution in [3.63, 3.8) is 0 Å². The molecular weight excluding hydrogens is 320 g/mol. The van der Waals surface area contributed by atoms with E-state index in [2.05, 4.69) is 68.8 Å². The number of fused-ring (bicyclic) bond motifs is 7. The molecule has 1 fully saturated rings. The fourth-order valence-corrected chi connectivity index (χ4v) is 4.38. The van der Waals surface area contributed by atoms with E-state index in [0.717, 1.165) is 47.8 Å². The Balaban J connectivity index is 1.59. The third kappa shape index (κ3) is 2.22. The summed E-state index contributed by atoms with van der Waals surface area (Å²) in [5.41, 5.74) is 10.3. The van der Waals surface area contributed by atoms with Gasteiger partial charge in [-0.1, -0.05) is 0 Å². The Morgan fingerprint density at radius 2 is 1.46 bits per heavy atom. The van der Waals surface area contributed by atoms with Gasteiger partial charge < -0.3 is 20.3 Å². The van der Waals surface area contributed by atoms with Crippen LogP contribution in [0.1, 0.15) is 47.6 Å². The number of nitrogens with one attached hydrogen (secondary N) is 4. The Morgan fingerprint density at radius 1 is 0.654 bits per heavy atom. The van der Waals surface area contributed by atoms with E-state index >= 15 is 0 Å². The highest BCUT2D eigenvalue weighted by Gasteiger charge is 2.25. The van der Waals surface area contributed by atoms with Crippen LogP contribution >= 0.6 is 0 Å². The summed E-state index contributed by atoms with van der Waals surface area (Å²) in [6.45, 7) is 0. The Kier molecular flexibility index (Phi) is 2.80. The first kappa shape index (κ1) is 14.1. The first-order valence-electron chi connectivity index (χ1n) is 9.29. The minimum atomic E-state index is 1.07. The summed E-state index contributed by atoms with van der Waals surface area (Å²) in [7, 11) is 0. The van der Waals surface area contributed by atoms with Crippen molar-refractivity contribution in [2.45, 2.75) is 25.7 Å². The lowest BCUT2D eigenvalue weighted by atomic mass is 10.1. The molecule has 0 radical (unpaired) electrons. The first-order valence-corrected chi connectivity index (χ1v) is 9.29. The van der Waals surface area contributed by atoms with Crippen LogP contribution in [-0.2, 0) is 6.42 Å². The SMILES string of the molecule is C1=C2/CC/C(=C3\CCc4cc([nH]c43)/C=c3/cc/c([nH]3)=C/c3ccc/1[nH]3)N2. The zero-order valence-electron chi connectivity index (χ0n) is 14.4. The van der Waals surface area contributed by atoms with Crippen molar-refractivity contribution in [3.05, 3.63) is 80.8 Å². The average Bonchev–Trinajstić information content (AvgIpc) is 3.38. The molecule has 6 rings (SSSR count). The zero-order chi connectivity index (χ0) is 17.1. The predicted molar refractivity (Wildman–Crippen MR) is 104 cm³/mol. The van der Waals surface area contributed by atoms with Crippen molar-refractivity contribution in [1.29, 1.82) is 0 Å². The van der Waals surface area contributed by atoms with E-state index in [1.54, 1.807) is 0 Å². The molecule has 0 atom stereocenters. The van der Waals surface area contributed by atoms with Crippen molar-refractivity contribution in [3.8, 4) is 0 Å². The summed E-state index contributed by atoms with van der Waals surface area (Å²) >= 11 is 0. The molecule has 5 heterocycles. The molecular formula is C22H20N4. The number of aryl methyl sites for hydroxylation is 1. The van der Waals surface area contributed by atoms with Gasteiger partial charge in [-0.05, 0) is 85.4 Å². The number of H-pyrrole nitrogens is 3. The van der Waals surface area contributed by atoms with Crippen LogP contribution in [0, 0.1) is 0 Å². The Labute approximate surface area is 151 Å². The predicted octanol–water partition coefficient (Wildman–Crippen LogP) is 2.72. The summed E-state index contributed by atoms with van der Waals surface area (Å²) in [6, 6.07) is 10.8. The molecule has 26 heavy (non-hydrogen) atoms. The molecule has 3 aromatic rings. The number of hydrogen-bond acceptors (Lipinski definition) is 1. The van der Waals surface area contributed by atoms with Gasteiger partial charge >= 0.3 is 0 Å². The monoisotopic (exact) mass is 340 g/mol. The molecule has 3 aliphatic rings. The number of rotatable bonds is 0. The molecule has 4 heteroatoms. The van der Waals surface area contributed by atoms with Crippen LogP contribution in [0.3, 0.4) is 0 Å². The lowest BCUT2D eigenvalue weighted by molar-refractivity contribution is 1.01. The fourth-order valence-electron chi connectivity index (χ4n) is 4.38. The third-order valence-electron chi connectivity index (χ3n) is 5.60. The number of allylic oxidation sites excluding steroid dienone is 3. The van der Waals surface area contributed by atoms with Gasteiger partial charge in [0.2, 0.25) is 0 Å². The second-order valence-corrected chi connectivity index (χ2v) is 7.40. The van der Waals surface area contributed by atoms with Gasteiger partial charge in [0, 0.05) is 44.9 Å². The lowest BCUT2D eigenvalue weighted by Gasteiger charge is -2.06. The lowest BCUT2D eigenvalue weighted by Crippen LogP contribution is -2.09. The van der Waals surface area contributed by atoms with E-state index < -0.39 is 0 Å². The molecule has 0 amide bonds. The normalized spacial score (nSPS) is 25.0. The van der Waals surface area contributed by atoms with Gasteiger partial charge in [-0.3, -0.25) is 0 Å². The molecule has 4 nitrogen and oxygen atoms in total. The van der Waals surface area contributed by atoms with Gasteiger partial charge in [0.15, 0.2) is 0 Å². The van der Waals surface area contributed by atoms with Crippen molar-refractivity contribution in [2.75, 3.05) is 0 Å². The molecule has 4 N–H and O–H groups in total. The Hall–Kier alpha value is -3.14. The number of aromatic nitrogens is 3. The average molecular weight is 340 g/mol. The second kappa shape index (κ2) is 5.18. The topological polar surface area (TPSA) is 59.4 Å². The second-order valence-electron chi connectivity index (χ2n) is 7.40. The van der Waals surface area contributed by atoms with Crippen LogP contribution in [0.5, 0.6) is 0 Å². The van der Waals surface area contributed by atoms with Crippen molar-refractivity contribution < 1.29 is 0 Å². The summed E-state index contributed by atoms with van der Waals surface area (Å²) in [5, 5.41) is 5.90. The smallest absolute Gasteiger partial charge is 0.0467 e. The summed E-state index contributed by atoms with van der Waals surface area (Å²) in [6.07, 6.45) is 11.0. The van der Waals surface area contributed by atoms with E-state index in [0.29, 0.717) is 0 Å². The Bertz CT molecular complexity index is 1210. The summed E-state index contributed by atoms with van der Waals surface area (Å²) in [5.74, 6) is 0. The van der Waals surface area contributed by atoms with Crippen LogP contribution in [-0.4, -0.2) is 15.0 Å². The number of aromatic amines is 3. The minimum absolute atomic E-state index is 1.07. The van der Waals surface area contributed by atoms with E-state index in [4.69, 9.17) is 0 Å². The summed E-state index contributed by atoms with van der Waals surface area (Å²) < 4.78 is 0. The van der Waals surface area contributed by atoms with Crippen LogP contribution in [0.15, 0.2) is 41.7 Å². The van der Waals surface area contributed by atoms with E-state index in [1.807, 2.05) is 0 Å². The molecule has 128 valence electrons. The molecule has 1 saturated heterocycles. The Morgan fingerprint density at radius 3 is 2.35 bits per heavy atom. The van der Waals surface area contributed by atoms with Gasteiger partial charge in [-0.15, -0.1) is 0 Å². The van der Waals surface area contributed by atoms with Gasteiger partial charge in [0.1, 0.15) is 0 Å². The molecule has 0 unspecified atom stereocenters. The van der Waals surface area contributed by atoms with Gasteiger partial charge in [-0.25, -0.2) is 0 Å². The van der Waals surface area contributed by atoms with Crippen LogP contribution in [0.2, 0.25) is 0 Å². The molecule has 2 aliphatic heterocycles. The van der Waals surface area contributed by atoms with E-state index in [-0.39, 0.29) is 0 Å². The van der Waals surface area contributed by atoms with Gasteiger partial charge in [0.05, 0.1) is 0 Å². The van der Waals surface area contributed by atoms with Crippen LogP contribution in [0.4, 0.5) is 0 Å². The van der Waals surface area contributed by atoms with E-state index in [1.165, 1.54) is 33.9 Å².